The number of hydrogen-bond donors (Lipinski definition) is 1. The highest BCUT2D eigenvalue weighted by molar-refractivity contribution is 5.66. The zero-order chi connectivity index (χ0) is 10.8. The minimum atomic E-state index is -0.774. The summed E-state index contributed by atoms with van der Waals surface area (Å²) in [5.41, 5.74) is -0.270. The second kappa shape index (κ2) is 4.20. The van der Waals surface area contributed by atoms with Crippen molar-refractivity contribution in [2.45, 2.75) is 64.5 Å². The van der Waals surface area contributed by atoms with E-state index in [4.69, 9.17) is 0 Å². The zero-order valence-electron chi connectivity index (χ0n) is 9.42. The molecule has 3 nitrogen and oxygen atoms in total. The number of rotatable bonds is 1. The summed E-state index contributed by atoms with van der Waals surface area (Å²) in [5.74, 6) is 0. The lowest BCUT2D eigenvalue weighted by atomic mass is 9.91. The van der Waals surface area contributed by atoms with Gasteiger partial charge in [0.1, 0.15) is 0 Å². The molecular formula is C11H21NO2. The van der Waals surface area contributed by atoms with Crippen molar-refractivity contribution in [3.63, 3.8) is 0 Å². The van der Waals surface area contributed by atoms with Crippen molar-refractivity contribution in [2.24, 2.45) is 0 Å². The van der Waals surface area contributed by atoms with E-state index in [0.717, 1.165) is 12.8 Å². The molecular weight excluding hydrogens is 178 g/mol. The Labute approximate surface area is 86.1 Å². The van der Waals surface area contributed by atoms with Crippen LogP contribution in [0.25, 0.3) is 0 Å². The third-order valence-corrected chi connectivity index (χ3v) is 2.87. The lowest BCUT2D eigenvalue weighted by Gasteiger charge is -2.41. The van der Waals surface area contributed by atoms with E-state index >= 15 is 0 Å². The van der Waals surface area contributed by atoms with Gasteiger partial charge in [-0.3, -0.25) is 0 Å². The second-order valence-corrected chi connectivity index (χ2v) is 5.12. The predicted octanol–water partition coefficient (Wildman–Crippen LogP) is 3.10. The maximum Gasteiger partial charge on any atom is 0.407 e. The fourth-order valence-electron chi connectivity index (χ4n) is 2.33. The van der Waals surface area contributed by atoms with Crippen LogP contribution < -0.4 is 0 Å². The van der Waals surface area contributed by atoms with Crippen LogP contribution in [0.5, 0.6) is 0 Å². The first-order valence-corrected chi connectivity index (χ1v) is 5.45. The van der Waals surface area contributed by atoms with Gasteiger partial charge in [-0.25, -0.2) is 4.79 Å². The molecule has 1 amide bonds. The molecule has 1 aliphatic carbocycles. The van der Waals surface area contributed by atoms with Crippen LogP contribution in [0.3, 0.4) is 0 Å². The Hall–Kier alpha value is -0.730. The molecule has 1 aliphatic rings. The van der Waals surface area contributed by atoms with Crippen molar-refractivity contribution in [1.29, 1.82) is 0 Å². The molecule has 1 saturated carbocycles. The molecule has 0 heterocycles. The van der Waals surface area contributed by atoms with Crippen LogP contribution in [-0.4, -0.2) is 27.7 Å². The van der Waals surface area contributed by atoms with Gasteiger partial charge in [0, 0.05) is 11.6 Å². The van der Waals surface area contributed by atoms with Crippen molar-refractivity contribution in [2.75, 3.05) is 0 Å². The monoisotopic (exact) mass is 199 g/mol. The molecule has 0 atom stereocenters. The molecule has 0 aromatic carbocycles. The van der Waals surface area contributed by atoms with Crippen LogP contribution in [0, 0.1) is 0 Å². The second-order valence-electron chi connectivity index (χ2n) is 5.12. The number of carbonyl (C=O) groups is 1. The largest absolute Gasteiger partial charge is 0.465 e. The molecule has 82 valence electrons. The average Bonchev–Trinajstić information content (AvgIpc) is 2.02. The van der Waals surface area contributed by atoms with E-state index in [1.165, 1.54) is 19.3 Å². The maximum atomic E-state index is 11.2. The SMILES string of the molecule is CC(C)(C)N(C(=O)O)C1CCCCC1. The molecule has 0 unspecified atom stereocenters. The van der Waals surface area contributed by atoms with E-state index in [1.807, 2.05) is 20.8 Å². The van der Waals surface area contributed by atoms with Gasteiger partial charge in [0.25, 0.3) is 0 Å². The molecule has 0 aromatic rings. The van der Waals surface area contributed by atoms with Crippen molar-refractivity contribution < 1.29 is 9.90 Å². The standard InChI is InChI=1S/C11H21NO2/c1-11(2,3)12(10(13)14)9-7-5-4-6-8-9/h9H,4-8H2,1-3H3,(H,13,14). The molecule has 0 saturated heterocycles. The molecule has 0 aliphatic heterocycles. The fourth-order valence-corrected chi connectivity index (χ4v) is 2.33. The smallest absolute Gasteiger partial charge is 0.407 e. The highest BCUT2D eigenvalue weighted by atomic mass is 16.4. The third-order valence-electron chi connectivity index (χ3n) is 2.87. The van der Waals surface area contributed by atoms with Crippen molar-refractivity contribution in [3.05, 3.63) is 0 Å². The van der Waals surface area contributed by atoms with Gasteiger partial charge in [0.05, 0.1) is 0 Å². The van der Waals surface area contributed by atoms with E-state index in [2.05, 4.69) is 0 Å². The Kier molecular flexibility index (Phi) is 3.40. The first-order chi connectivity index (χ1) is 6.43. The molecule has 1 N–H and O–H groups in total. The number of amides is 1. The van der Waals surface area contributed by atoms with E-state index in [1.54, 1.807) is 4.90 Å². The number of nitrogens with zero attached hydrogens (tertiary/aromatic N) is 1. The first-order valence-electron chi connectivity index (χ1n) is 5.45. The molecule has 0 radical (unpaired) electrons. The van der Waals surface area contributed by atoms with Crippen LogP contribution in [-0.2, 0) is 0 Å². The average molecular weight is 199 g/mol. The molecule has 1 rings (SSSR count). The summed E-state index contributed by atoms with van der Waals surface area (Å²) in [4.78, 5) is 12.8. The van der Waals surface area contributed by atoms with Gasteiger partial charge in [0.2, 0.25) is 0 Å². The Balaban J connectivity index is 2.71. The summed E-state index contributed by atoms with van der Waals surface area (Å²) in [7, 11) is 0. The zero-order valence-corrected chi connectivity index (χ0v) is 9.42. The minimum Gasteiger partial charge on any atom is -0.465 e. The molecule has 3 heteroatoms. The summed E-state index contributed by atoms with van der Waals surface area (Å²) in [6.07, 6.45) is 4.89. The minimum absolute atomic E-state index is 0.237. The van der Waals surface area contributed by atoms with Crippen LogP contribution >= 0.6 is 0 Å². The molecule has 0 aromatic heterocycles. The number of hydrogen-bond acceptors (Lipinski definition) is 1. The highest BCUT2D eigenvalue weighted by Crippen LogP contribution is 2.28. The summed E-state index contributed by atoms with van der Waals surface area (Å²) in [6, 6.07) is 0.237. The molecule has 14 heavy (non-hydrogen) atoms. The Bertz CT molecular complexity index is 202. The van der Waals surface area contributed by atoms with Crippen LogP contribution in [0.1, 0.15) is 52.9 Å². The van der Waals surface area contributed by atoms with Crippen molar-refractivity contribution in [3.8, 4) is 0 Å². The third kappa shape index (κ3) is 2.63. The van der Waals surface area contributed by atoms with Crippen molar-refractivity contribution >= 4 is 6.09 Å². The normalized spacial score (nSPS) is 19.4. The highest BCUT2D eigenvalue weighted by Gasteiger charge is 2.33. The lowest BCUT2D eigenvalue weighted by Crippen LogP contribution is -2.51. The fraction of sp³-hybridized carbons (Fsp3) is 0.909. The van der Waals surface area contributed by atoms with E-state index in [9.17, 15) is 9.90 Å². The summed E-state index contributed by atoms with van der Waals surface area (Å²) in [6.45, 7) is 5.90. The van der Waals surface area contributed by atoms with Gasteiger partial charge >= 0.3 is 6.09 Å². The van der Waals surface area contributed by atoms with Gasteiger partial charge in [-0.15, -0.1) is 0 Å². The van der Waals surface area contributed by atoms with Gasteiger partial charge in [0.15, 0.2) is 0 Å². The molecule has 0 spiro atoms. The maximum absolute atomic E-state index is 11.2. The lowest BCUT2D eigenvalue weighted by molar-refractivity contribution is 0.0569. The van der Waals surface area contributed by atoms with Gasteiger partial charge in [-0.1, -0.05) is 19.3 Å². The number of carboxylic acid groups (broad SMARTS) is 1. The van der Waals surface area contributed by atoms with E-state index < -0.39 is 6.09 Å². The van der Waals surface area contributed by atoms with Crippen LogP contribution in [0.4, 0.5) is 4.79 Å². The van der Waals surface area contributed by atoms with Gasteiger partial charge in [-0.2, -0.15) is 0 Å². The summed E-state index contributed by atoms with van der Waals surface area (Å²) < 4.78 is 0. The quantitative estimate of drug-likeness (QED) is 0.705. The Morgan fingerprint density at radius 2 is 1.71 bits per heavy atom. The summed E-state index contributed by atoms with van der Waals surface area (Å²) in [5, 5.41) is 9.19. The topological polar surface area (TPSA) is 40.5 Å². The first kappa shape index (κ1) is 11.3. The van der Waals surface area contributed by atoms with Gasteiger partial charge in [-0.05, 0) is 33.6 Å². The van der Waals surface area contributed by atoms with E-state index in [-0.39, 0.29) is 11.6 Å². The summed E-state index contributed by atoms with van der Waals surface area (Å²) >= 11 is 0. The Morgan fingerprint density at radius 1 is 1.21 bits per heavy atom. The Morgan fingerprint density at radius 3 is 2.07 bits per heavy atom. The van der Waals surface area contributed by atoms with Crippen LogP contribution in [0.2, 0.25) is 0 Å². The van der Waals surface area contributed by atoms with E-state index in [0.29, 0.717) is 0 Å². The molecule has 0 bridgehead atoms. The van der Waals surface area contributed by atoms with Crippen molar-refractivity contribution in [1.82, 2.24) is 4.90 Å². The predicted molar refractivity (Wildman–Crippen MR) is 56.5 cm³/mol. The van der Waals surface area contributed by atoms with Gasteiger partial charge < -0.3 is 10.0 Å². The molecule has 1 fully saturated rings. The van der Waals surface area contributed by atoms with Crippen LogP contribution in [0.15, 0.2) is 0 Å².